The van der Waals surface area contributed by atoms with Gasteiger partial charge < -0.3 is 5.32 Å². The van der Waals surface area contributed by atoms with Gasteiger partial charge in [0.15, 0.2) is 0 Å². The molecule has 0 aliphatic heterocycles. The molecule has 0 atom stereocenters. The Balaban J connectivity index is 1.67. The second-order valence-electron chi connectivity index (χ2n) is 6.70. The highest BCUT2D eigenvalue weighted by Gasteiger charge is 2.37. The van der Waals surface area contributed by atoms with Crippen molar-refractivity contribution in [3.8, 4) is 10.6 Å². The number of amides is 1. The number of benzene rings is 1. The number of hydrogen-bond acceptors (Lipinski definition) is 4. The van der Waals surface area contributed by atoms with Crippen molar-refractivity contribution >= 4 is 22.9 Å². The molecule has 170 valence electrons. The molecule has 0 spiro atoms. The van der Waals surface area contributed by atoms with Gasteiger partial charge in [-0.25, -0.2) is 4.68 Å². The van der Waals surface area contributed by atoms with Crippen LogP contribution in [0.4, 0.5) is 32.0 Å². The SMILES string of the molecule is O=C(CCCn1nc(-c2cccs2)ccc1=O)Nc1cc(C(F)(F)F)cc(C(F)(F)F)c1. The van der Waals surface area contributed by atoms with Crippen LogP contribution in [0.3, 0.4) is 0 Å². The van der Waals surface area contributed by atoms with Crippen molar-refractivity contribution in [1.29, 1.82) is 0 Å². The van der Waals surface area contributed by atoms with Crippen LogP contribution in [-0.4, -0.2) is 15.7 Å². The van der Waals surface area contributed by atoms with Crippen LogP contribution in [-0.2, 0) is 23.7 Å². The van der Waals surface area contributed by atoms with E-state index in [0.29, 0.717) is 17.8 Å². The fraction of sp³-hybridized carbons (Fsp3) is 0.250. The summed E-state index contributed by atoms with van der Waals surface area (Å²) in [5.41, 5.74) is -3.51. The Morgan fingerprint density at radius 3 is 2.22 bits per heavy atom. The molecule has 12 heteroatoms. The number of nitrogens with zero attached hydrogens (tertiary/aromatic N) is 2. The maximum atomic E-state index is 12.9. The molecule has 0 fully saturated rings. The summed E-state index contributed by atoms with van der Waals surface area (Å²) in [5.74, 6) is -0.792. The van der Waals surface area contributed by atoms with E-state index in [1.165, 1.54) is 17.4 Å². The molecular weight excluding hydrogens is 460 g/mol. The Labute approximate surface area is 181 Å². The molecular formula is C20H15F6N3O2S. The van der Waals surface area contributed by atoms with Crippen LogP contribution in [0.1, 0.15) is 24.0 Å². The zero-order chi connectivity index (χ0) is 23.5. The minimum absolute atomic E-state index is 0.0195. The number of alkyl halides is 6. The van der Waals surface area contributed by atoms with Gasteiger partial charge >= 0.3 is 12.4 Å². The third-order valence-electron chi connectivity index (χ3n) is 4.29. The van der Waals surface area contributed by atoms with Gasteiger partial charge in [-0.1, -0.05) is 6.07 Å². The van der Waals surface area contributed by atoms with E-state index in [9.17, 15) is 35.9 Å². The van der Waals surface area contributed by atoms with Crippen molar-refractivity contribution in [3.63, 3.8) is 0 Å². The monoisotopic (exact) mass is 475 g/mol. The molecule has 0 saturated heterocycles. The Morgan fingerprint density at radius 2 is 1.66 bits per heavy atom. The van der Waals surface area contributed by atoms with Gasteiger partial charge in [-0.2, -0.15) is 31.4 Å². The quantitative estimate of drug-likeness (QED) is 0.484. The number of nitrogens with one attached hydrogen (secondary N) is 1. The standard InChI is InChI=1S/C20H15F6N3O2S/c21-19(22,23)12-9-13(20(24,25)26)11-14(10-12)27-17(30)4-1-7-29-18(31)6-5-15(28-29)16-3-2-8-32-16/h2-3,5-6,8-11H,1,4,7H2,(H,27,30). The van der Waals surface area contributed by atoms with E-state index in [-0.39, 0.29) is 25.5 Å². The van der Waals surface area contributed by atoms with Gasteiger partial charge in [0.2, 0.25) is 5.91 Å². The molecule has 0 aliphatic rings. The summed E-state index contributed by atoms with van der Waals surface area (Å²) in [6.07, 6.45) is -10.2. The molecule has 2 heterocycles. The summed E-state index contributed by atoms with van der Waals surface area (Å²) in [5, 5.41) is 8.10. The number of carbonyl (C=O) groups excluding carboxylic acids is 1. The summed E-state index contributed by atoms with van der Waals surface area (Å²) in [6, 6.07) is 7.37. The lowest BCUT2D eigenvalue weighted by Crippen LogP contribution is -2.23. The molecule has 5 nitrogen and oxygen atoms in total. The molecule has 2 aromatic heterocycles. The summed E-state index contributed by atoms with van der Waals surface area (Å²) in [4.78, 5) is 24.9. The smallest absolute Gasteiger partial charge is 0.326 e. The highest BCUT2D eigenvalue weighted by atomic mass is 32.1. The molecule has 0 saturated carbocycles. The van der Waals surface area contributed by atoms with Gasteiger partial charge in [-0.3, -0.25) is 9.59 Å². The first kappa shape index (κ1) is 23.5. The highest BCUT2D eigenvalue weighted by molar-refractivity contribution is 7.13. The van der Waals surface area contributed by atoms with Crippen molar-refractivity contribution in [1.82, 2.24) is 9.78 Å². The van der Waals surface area contributed by atoms with Gasteiger partial charge in [0.25, 0.3) is 5.56 Å². The highest BCUT2D eigenvalue weighted by Crippen LogP contribution is 2.37. The molecule has 0 bridgehead atoms. The Morgan fingerprint density at radius 1 is 1.00 bits per heavy atom. The molecule has 0 unspecified atom stereocenters. The van der Waals surface area contributed by atoms with E-state index in [4.69, 9.17) is 0 Å². The first-order chi connectivity index (χ1) is 14.9. The number of halogens is 6. The fourth-order valence-corrected chi connectivity index (χ4v) is 3.50. The lowest BCUT2D eigenvalue weighted by molar-refractivity contribution is -0.143. The summed E-state index contributed by atoms with van der Waals surface area (Å²) < 4.78 is 78.7. The number of thiophene rings is 1. The maximum Gasteiger partial charge on any atom is 0.416 e. The van der Waals surface area contributed by atoms with Crippen LogP contribution in [0.15, 0.2) is 52.6 Å². The van der Waals surface area contributed by atoms with E-state index in [0.717, 1.165) is 9.56 Å². The largest absolute Gasteiger partial charge is 0.416 e. The number of aromatic nitrogens is 2. The summed E-state index contributed by atoms with van der Waals surface area (Å²) >= 11 is 1.42. The van der Waals surface area contributed by atoms with Crippen LogP contribution in [0.5, 0.6) is 0 Å². The molecule has 0 radical (unpaired) electrons. The van der Waals surface area contributed by atoms with Crippen LogP contribution in [0.2, 0.25) is 0 Å². The summed E-state index contributed by atoms with van der Waals surface area (Å²) in [7, 11) is 0. The Bertz CT molecular complexity index is 1120. The predicted octanol–water partition coefficient (Wildman–Crippen LogP) is 5.43. The topological polar surface area (TPSA) is 64.0 Å². The minimum Gasteiger partial charge on any atom is -0.326 e. The normalized spacial score (nSPS) is 12.1. The zero-order valence-corrected chi connectivity index (χ0v) is 16.9. The Kier molecular flexibility index (Phi) is 6.72. The average molecular weight is 475 g/mol. The van der Waals surface area contributed by atoms with Crippen LogP contribution < -0.4 is 10.9 Å². The average Bonchev–Trinajstić information content (AvgIpc) is 3.22. The van der Waals surface area contributed by atoms with Gasteiger partial charge in [-0.15, -0.1) is 11.3 Å². The number of rotatable bonds is 6. The first-order valence-corrected chi connectivity index (χ1v) is 10.0. The van der Waals surface area contributed by atoms with Gasteiger partial charge in [0, 0.05) is 24.7 Å². The maximum absolute atomic E-state index is 12.9. The van der Waals surface area contributed by atoms with Crippen molar-refractivity contribution in [2.24, 2.45) is 0 Å². The molecule has 1 aromatic carbocycles. The molecule has 0 aliphatic carbocycles. The first-order valence-electron chi connectivity index (χ1n) is 9.15. The lowest BCUT2D eigenvalue weighted by Gasteiger charge is -2.15. The molecule has 1 amide bonds. The van der Waals surface area contributed by atoms with Gasteiger partial charge in [-0.05, 0) is 42.1 Å². The number of anilines is 1. The second kappa shape index (κ2) is 9.15. The fourth-order valence-electron chi connectivity index (χ4n) is 2.80. The van der Waals surface area contributed by atoms with E-state index >= 15 is 0 Å². The van der Waals surface area contributed by atoms with E-state index < -0.39 is 40.6 Å². The van der Waals surface area contributed by atoms with E-state index in [1.807, 2.05) is 17.5 Å². The van der Waals surface area contributed by atoms with E-state index in [2.05, 4.69) is 10.4 Å². The van der Waals surface area contributed by atoms with Crippen LogP contribution >= 0.6 is 11.3 Å². The molecule has 3 aromatic rings. The van der Waals surface area contributed by atoms with Gasteiger partial charge in [0.05, 0.1) is 16.0 Å². The number of aryl methyl sites for hydroxylation is 1. The third kappa shape index (κ3) is 5.96. The van der Waals surface area contributed by atoms with Crippen molar-refractivity contribution in [3.05, 3.63) is 69.3 Å². The van der Waals surface area contributed by atoms with Crippen LogP contribution in [0, 0.1) is 0 Å². The van der Waals surface area contributed by atoms with Crippen LogP contribution in [0.25, 0.3) is 10.6 Å². The minimum atomic E-state index is -5.01. The predicted molar refractivity (Wildman–Crippen MR) is 106 cm³/mol. The van der Waals surface area contributed by atoms with Gasteiger partial charge in [0.1, 0.15) is 5.69 Å². The molecule has 32 heavy (non-hydrogen) atoms. The van der Waals surface area contributed by atoms with Crippen molar-refractivity contribution < 1.29 is 31.1 Å². The zero-order valence-electron chi connectivity index (χ0n) is 16.1. The molecule has 1 N–H and O–H groups in total. The van der Waals surface area contributed by atoms with Crippen molar-refractivity contribution in [2.75, 3.05) is 5.32 Å². The number of carbonyl (C=O) groups is 1. The van der Waals surface area contributed by atoms with E-state index in [1.54, 1.807) is 6.07 Å². The Hall–Kier alpha value is -3.15. The lowest BCUT2D eigenvalue weighted by atomic mass is 10.1. The molecule has 3 rings (SSSR count). The van der Waals surface area contributed by atoms with Crippen molar-refractivity contribution in [2.45, 2.75) is 31.7 Å². The third-order valence-corrected chi connectivity index (χ3v) is 5.18. The number of hydrogen-bond donors (Lipinski definition) is 1. The second-order valence-corrected chi connectivity index (χ2v) is 7.65. The summed E-state index contributed by atoms with van der Waals surface area (Å²) in [6.45, 7) is 0.0435.